The number of benzene rings is 2. The number of anilines is 1. The number of phenols is 1. The number of hydrogen-bond donors (Lipinski definition) is 2. The number of aryl methyl sites for hydroxylation is 1. The molecule has 9 nitrogen and oxygen atoms in total. The second-order valence-corrected chi connectivity index (χ2v) is 8.99. The van der Waals surface area contributed by atoms with Crippen molar-refractivity contribution < 1.29 is 34.1 Å². The molecule has 10 heteroatoms. The highest BCUT2D eigenvalue weighted by Gasteiger charge is 2.45. The number of rotatable bonds is 8. The highest BCUT2D eigenvalue weighted by atomic mass is 32.1. The number of ketones is 1. The van der Waals surface area contributed by atoms with Crippen LogP contribution in [0.1, 0.15) is 39.5 Å². The Morgan fingerprint density at radius 2 is 1.89 bits per heavy atom. The summed E-state index contributed by atoms with van der Waals surface area (Å²) >= 11 is 0.918. The molecule has 37 heavy (non-hydrogen) atoms. The summed E-state index contributed by atoms with van der Waals surface area (Å²) in [6, 6.07) is 12.3. The van der Waals surface area contributed by atoms with E-state index in [1.54, 1.807) is 19.9 Å². The van der Waals surface area contributed by atoms with Gasteiger partial charge in [0.1, 0.15) is 4.88 Å². The number of aromatic hydroxyl groups is 1. The van der Waals surface area contributed by atoms with E-state index in [0.29, 0.717) is 11.3 Å². The third-order valence-electron chi connectivity index (χ3n) is 5.67. The number of aliphatic hydroxyl groups excluding tert-OH is 1. The van der Waals surface area contributed by atoms with Gasteiger partial charge in [-0.25, -0.2) is 9.78 Å². The summed E-state index contributed by atoms with van der Waals surface area (Å²) in [6.45, 7) is 3.45. The van der Waals surface area contributed by atoms with Crippen LogP contribution in [0.25, 0.3) is 6.08 Å². The third kappa shape index (κ3) is 4.96. The van der Waals surface area contributed by atoms with Crippen LogP contribution in [0.4, 0.5) is 5.13 Å². The Kier molecular flexibility index (Phi) is 7.40. The van der Waals surface area contributed by atoms with Crippen molar-refractivity contribution in [2.24, 2.45) is 0 Å². The predicted octanol–water partition coefficient (Wildman–Crippen LogP) is 4.52. The van der Waals surface area contributed by atoms with Gasteiger partial charge in [0.15, 0.2) is 28.2 Å². The molecule has 1 aliphatic rings. The summed E-state index contributed by atoms with van der Waals surface area (Å²) in [4.78, 5) is 44.8. The van der Waals surface area contributed by atoms with Crippen molar-refractivity contribution >= 4 is 40.2 Å². The van der Waals surface area contributed by atoms with Gasteiger partial charge in [0, 0.05) is 0 Å². The molecule has 2 heterocycles. The average Bonchev–Trinajstić information content (AvgIpc) is 3.40. The van der Waals surface area contributed by atoms with E-state index in [9.17, 15) is 24.6 Å². The largest absolute Gasteiger partial charge is 0.504 e. The van der Waals surface area contributed by atoms with Gasteiger partial charge in [-0.2, -0.15) is 0 Å². The van der Waals surface area contributed by atoms with Crippen LogP contribution < -0.4 is 9.64 Å². The molecule has 1 atom stereocenters. The van der Waals surface area contributed by atoms with Crippen LogP contribution >= 0.6 is 11.3 Å². The molecule has 0 spiro atoms. The van der Waals surface area contributed by atoms with Gasteiger partial charge in [-0.05, 0) is 43.2 Å². The van der Waals surface area contributed by atoms with Crippen molar-refractivity contribution in [3.63, 3.8) is 0 Å². The maximum atomic E-state index is 13.4. The Morgan fingerprint density at radius 3 is 2.57 bits per heavy atom. The van der Waals surface area contributed by atoms with Crippen LogP contribution in [0.3, 0.4) is 0 Å². The van der Waals surface area contributed by atoms with E-state index in [1.807, 2.05) is 30.3 Å². The number of esters is 1. The first-order valence-corrected chi connectivity index (χ1v) is 12.1. The first-order valence-electron chi connectivity index (χ1n) is 11.3. The fraction of sp³-hybridized carbons (Fsp3) is 0.185. The molecule has 1 unspecified atom stereocenters. The molecule has 1 aromatic heterocycles. The zero-order chi connectivity index (χ0) is 26.7. The normalized spacial score (nSPS) is 15.5. The van der Waals surface area contributed by atoms with E-state index in [0.717, 1.165) is 21.8 Å². The lowest BCUT2D eigenvalue weighted by atomic mass is 9.95. The minimum absolute atomic E-state index is 0.101. The van der Waals surface area contributed by atoms with Gasteiger partial charge >= 0.3 is 5.97 Å². The fourth-order valence-corrected chi connectivity index (χ4v) is 4.92. The molecule has 1 amide bonds. The Morgan fingerprint density at radius 1 is 1.16 bits per heavy atom. The number of allylic oxidation sites excluding steroid dienone is 1. The number of carbonyl (C=O) groups is 3. The van der Waals surface area contributed by atoms with E-state index < -0.39 is 29.5 Å². The first kappa shape index (κ1) is 25.6. The number of aromatic nitrogens is 1. The fourth-order valence-electron chi connectivity index (χ4n) is 3.93. The van der Waals surface area contributed by atoms with Crippen molar-refractivity contribution in [3.05, 3.63) is 87.6 Å². The number of nitrogens with zero attached hydrogens (tertiary/aromatic N) is 2. The summed E-state index contributed by atoms with van der Waals surface area (Å²) in [5.41, 5.74) is 1.32. The number of hydrogen-bond acceptors (Lipinski definition) is 9. The molecule has 0 saturated heterocycles. The van der Waals surface area contributed by atoms with E-state index in [4.69, 9.17) is 9.47 Å². The van der Waals surface area contributed by atoms with Crippen LogP contribution in [0.2, 0.25) is 0 Å². The molecule has 3 aromatic rings. The Hall–Kier alpha value is -4.44. The molecule has 0 saturated carbocycles. The van der Waals surface area contributed by atoms with Crippen molar-refractivity contribution in [2.75, 3.05) is 18.6 Å². The molecule has 190 valence electrons. The van der Waals surface area contributed by atoms with Crippen LogP contribution in [0.15, 0.2) is 65.9 Å². The van der Waals surface area contributed by atoms with E-state index >= 15 is 0 Å². The third-order valence-corrected chi connectivity index (χ3v) is 6.81. The molecule has 0 fully saturated rings. The van der Waals surface area contributed by atoms with Gasteiger partial charge in [-0.15, -0.1) is 0 Å². The first-order chi connectivity index (χ1) is 17.8. The van der Waals surface area contributed by atoms with Crippen molar-refractivity contribution in [1.29, 1.82) is 0 Å². The SMILES string of the molecule is CCOC(=O)c1sc(N2C(=O)C(O)=C(C(=O)/C=C/c3ccccc3)C2c2ccc(O)c(OC)c2)nc1C. The van der Waals surface area contributed by atoms with Crippen LogP contribution in [-0.2, 0) is 14.3 Å². The molecule has 2 aromatic carbocycles. The van der Waals surface area contributed by atoms with E-state index in [2.05, 4.69) is 4.98 Å². The topological polar surface area (TPSA) is 126 Å². The second-order valence-electron chi connectivity index (χ2n) is 8.01. The molecule has 2 N–H and O–H groups in total. The number of amides is 1. The molecular formula is C27H24N2O7S. The molecule has 1 aliphatic heterocycles. The van der Waals surface area contributed by atoms with Crippen LogP contribution in [0.5, 0.6) is 11.5 Å². The van der Waals surface area contributed by atoms with Crippen molar-refractivity contribution in [3.8, 4) is 11.5 Å². The van der Waals surface area contributed by atoms with Crippen LogP contribution in [0, 0.1) is 6.92 Å². The summed E-state index contributed by atoms with van der Waals surface area (Å²) < 4.78 is 10.3. The van der Waals surface area contributed by atoms with Gasteiger partial charge in [0.05, 0.1) is 31.0 Å². The lowest BCUT2D eigenvalue weighted by Crippen LogP contribution is -2.30. The quantitative estimate of drug-likeness (QED) is 0.328. The lowest BCUT2D eigenvalue weighted by Gasteiger charge is -2.24. The summed E-state index contributed by atoms with van der Waals surface area (Å²) in [5, 5.41) is 21.1. The summed E-state index contributed by atoms with van der Waals surface area (Å²) in [7, 11) is 1.37. The minimum Gasteiger partial charge on any atom is -0.504 e. The number of aliphatic hydroxyl groups is 1. The molecular weight excluding hydrogens is 496 g/mol. The standard InChI is InChI=1S/C27H24N2O7S/c1-4-36-26(34)24-15(2)28-27(37-24)29-22(17-11-13-18(30)20(14-17)35-3)21(23(32)25(29)33)19(31)12-10-16-8-6-5-7-9-16/h5-14,22,30,32H,4H2,1-3H3/b12-10+. The van der Waals surface area contributed by atoms with Gasteiger partial charge in [-0.3, -0.25) is 14.5 Å². The number of carbonyl (C=O) groups excluding carboxylic acids is 3. The molecule has 0 radical (unpaired) electrons. The Balaban J connectivity index is 1.82. The molecule has 4 rings (SSSR count). The highest BCUT2D eigenvalue weighted by molar-refractivity contribution is 7.17. The average molecular weight is 521 g/mol. The van der Waals surface area contributed by atoms with Gasteiger partial charge in [0.25, 0.3) is 5.91 Å². The monoisotopic (exact) mass is 520 g/mol. The smallest absolute Gasteiger partial charge is 0.350 e. The lowest BCUT2D eigenvalue weighted by molar-refractivity contribution is -0.117. The maximum absolute atomic E-state index is 13.4. The Labute approximate surface area is 216 Å². The molecule has 0 bridgehead atoms. The zero-order valence-electron chi connectivity index (χ0n) is 20.3. The van der Waals surface area contributed by atoms with Crippen molar-refractivity contribution in [2.45, 2.75) is 19.9 Å². The minimum atomic E-state index is -1.10. The summed E-state index contributed by atoms with van der Waals surface area (Å²) in [6.07, 6.45) is 2.86. The van der Waals surface area contributed by atoms with Gasteiger partial charge in [0.2, 0.25) is 0 Å². The Bertz CT molecular complexity index is 1430. The number of thiazole rings is 1. The van der Waals surface area contributed by atoms with Crippen LogP contribution in [-0.4, -0.2) is 46.6 Å². The number of phenolic OH excluding ortho intramolecular Hbond substituents is 1. The maximum Gasteiger partial charge on any atom is 0.350 e. The second kappa shape index (κ2) is 10.7. The van der Waals surface area contributed by atoms with E-state index in [-0.39, 0.29) is 33.7 Å². The predicted molar refractivity (Wildman–Crippen MR) is 138 cm³/mol. The number of ether oxygens (including phenoxy) is 2. The molecule has 0 aliphatic carbocycles. The van der Waals surface area contributed by atoms with E-state index in [1.165, 1.54) is 31.4 Å². The van der Waals surface area contributed by atoms with Gasteiger partial charge in [-0.1, -0.05) is 53.8 Å². The zero-order valence-corrected chi connectivity index (χ0v) is 21.1. The summed E-state index contributed by atoms with van der Waals surface area (Å²) in [5.74, 6) is -2.78. The highest BCUT2D eigenvalue weighted by Crippen LogP contribution is 2.44. The van der Waals surface area contributed by atoms with Crippen molar-refractivity contribution in [1.82, 2.24) is 4.98 Å². The van der Waals surface area contributed by atoms with Gasteiger partial charge < -0.3 is 19.7 Å². The number of methoxy groups -OCH3 is 1.